The minimum Gasteiger partial charge on any atom is -0.289 e. The summed E-state index contributed by atoms with van der Waals surface area (Å²) in [4.78, 5) is 25.6. The number of fused-ring (bicyclic) bond motifs is 1. The molecule has 0 heterocycles. The molecule has 0 saturated carbocycles. The van der Waals surface area contributed by atoms with Crippen LogP contribution in [-0.4, -0.2) is 11.6 Å². The van der Waals surface area contributed by atoms with Crippen molar-refractivity contribution in [1.82, 2.24) is 0 Å². The normalized spacial score (nSPS) is 24.4. The van der Waals surface area contributed by atoms with Crippen molar-refractivity contribution >= 4 is 11.6 Å². The summed E-state index contributed by atoms with van der Waals surface area (Å²) < 4.78 is 0. The molecule has 2 aliphatic rings. The zero-order valence-electron chi connectivity index (χ0n) is 13.7. The molecule has 0 amide bonds. The van der Waals surface area contributed by atoms with Crippen molar-refractivity contribution < 1.29 is 9.59 Å². The van der Waals surface area contributed by atoms with E-state index < -0.39 is 0 Å². The maximum atomic E-state index is 12.9. The van der Waals surface area contributed by atoms with E-state index in [1.807, 2.05) is 18.2 Å². The Labute approximate surface area is 131 Å². The molecule has 0 aromatic heterocycles. The highest BCUT2D eigenvalue weighted by atomic mass is 16.1. The van der Waals surface area contributed by atoms with Crippen LogP contribution in [-0.2, 0) is 0 Å². The molecule has 0 radical (unpaired) electrons. The number of rotatable bonds is 1. The first kappa shape index (κ1) is 15.0. The molecule has 0 saturated heterocycles. The predicted octanol–water partition coefficient (Wildman–Crippen LogP) is 4.76. The Hall–Kier alpha value is -1.96. The van der Waals surface area contributed by atoms with Crippen molar-refractivity contribution in [2.24, 2.45) is 10.8 Å². The van der Waals surface area contributed by atoms with Crippen molar-refractivity contribution in [1.29, 1.82) is 0 Å². The zero-order chi connectivity index (χ0) is 16.1. The van der Waals surface area contributed by atoms with Crippen LogP contribution >= 0.6 is 0 Å². The quantitative estimate of drug-likeness (QED) is 0.748. The molecule has 0 aliphatic heterocycles. The van der Waals surface area contributed by atoms with E-state index in [9.17, 15) is 9.59 Å². The molecule has 2 heteroatoms. The lowest BCUT2D eigenvalue weighted by Gasteiger charge is -2.45. The van der Waals surface area contributed by atoms with E-state index in [2.05, 4.69) is 33.8 Å². The maximum Gasteiger partial charge on any atom is 0.194 e. The van der Waals surface area contributed by atoms with Crippen molar-refractivity contribution in [3.05, 3.63) is 58.7 Å². The maximum absolute atomic E-state index is 12.9. The average molecular weight is 294 g/mol. The lowest BCUT2D eigenvalue weighted by atomic mass is 9.58. The van der Waals surface area contributed by atoms with Crippen LogP contribution in [0, 0.1) is 10.8 Å². The Kier molecular flexibility index (Phi) is 3.24. The lowest BCUT2D eigenvalue weighted by Crippen LogP contribution is -2.38. The van der Waals surface area contributed by atoms with Crippen molar-refractivity contribution in [3.8, 4) is 0 Å². The van der Waals surface area contributed by atoms with Crippen LogP contribution in [0.3, 0.4) is 0 Å². The SMILES string of the molecule is CCC1(C(C)(C)C)C=CC2=C(C1)C(=O)c1ccccc1C2=O. The van der Waals surface area contributed by atoms with E-state index in [1.165, 1.54) is 0 Å². The van der Waals surface area contributed by atoms with Gasteiger partial charge in [-0.25, -0.2) is 0 Å². The molecular formula is C20H22O2. The Morgan fingerprint density at radius 2 is 1.64 bits per heavy atom. The van der Waals surface area contributed by atoms with Crippen LogP contribution in [0.2, 0.25) is 0 Å². The number of carbonyl (C=O) groups is 2. The predicted molar refractivity (Wildman–Crippen MR) is 88.1 cm³/mol. The molecule has 0 fully saturated rings. The van der Waals surface area contributed by atoms with E-state index in [4.69, 9.17) is 0 Å². The topological polar surface area (TPSA) is 34.1 Å². The van der Waals surface area contributed by atoms with E-state index in [0.29, 0.717) is 28.7 Å². The summed E-state index contributed by atoms with van der Waals surface area (Å²) in [6.45, 7) is 8.77. The number of hydrogen-bond acceptors (Lipinski definition) is 2. The Morgan fingerprint density at radius 1 is 1.05 bits per heavy atom. The summed E-state index contributed by atoms with van der Waals surface area (Å²) >= 11 is 0. The Bertz CT molecular complexity index is 728. The summed E-state index contributed by atoms with van der Waals surface area (Å²) in [5.74, 6) is 0.0108. The van der Waals surface area contributed by atoms with Gasteiger partial charge in [0.1, 0.15) is 0 Å². The number of hydrogen-bond donors (Lipinski definition) is 0. The molecule has 1 unspecified atom stereocenters. The summed E-state index contributed by atoms with van der Waals surface area (Å²) in [5, 5.41) is 0. The lowest BCUT2D eigenvalue weighted by molar-refractivity contribution is 0.0930. The third-order valence-electron chi connectivity index (χ3n) is 5.45. The van der Waals surface area contributed by atoms with Crippen molar-refractivity contribution in [2.45, 2.75) is 40.5 Å². The summed E-state index contributed by atoms with van der Waals surface area (Å²) in [7, 11) is 0. The van der Waals surface area contributed by atoms with Crippen LogP contribution in [0.4, 0.5) is 0 Å². The largest absolute Gasteiger partial charge is 0.289 e. The van der Waals surface area contributed by atoms with Gasteiger partial charge >= 0.3 is 0 Å². The minimum atomic E-state index is -0.0753. The van der Waals surface area contributed by atoms with Gasteiger partial charge in [-0.3, -0.25) is 9.59 Å². The number of ketones is 2. The van der Waals surface area contributed by atoms with Gasteiger partial charge in [-0.05, 0) is 23.7 Å². The van der Waals surface area contributed by atoms with Crippen LogP contribution in [0.5, 0.6) is 0 Å². The third kappa shape index (κ3) is 1.93. The van der Waals surface area contributed by atoms with Gasteiger partial charge in [0.15, 0.2) is 11.6 Å². The van der Waals surface area contributed by atoms with Crippen LogP contribution < -0.4 is 0 Å². The van der Waals surface area contributed by atoms with Crippen LogP contribution in [0.1, 0.15) is 61.3 Å². The van der Waals surface area contributed by atoms with Gasteiger partial charge in [-0.2, -0.15) is 0 Å². The van der Waals surface area contributed by atoms with E-state index >= 15 is 0 Å². The number of Topliss-reactive ketones (excluding diaryl/α,β-unsaturated/α-hetero) is 2. The smallest absolute Gasteiger partial charge is 0.194 e. The molecule has 1 aromatic rings. The number of carbonyl (C=O) groups excluding carboxylic acids is 2. The molecule has 22 heavy (non-hydrogen) atoms. The molecule has 0 spiro atoms. The highest BCUT2D eigenvalue weighted by Crippen LogP contribution is 2.51. The van der Waals surface area contributed by atoms with Gasteiger partial charge in [-0.15, -0.1) is 0 Å². The summed E-state index contributed by atoms with van der Waals surface area (Å²) in [5.41, 5.74) is 2.35. The first-order chi connectivity index (χ1) is 10.3. The van der Waals surface area contributed by atoms with Crippen LogP contribution in [0.15, 0.2) is 47.6 Å². The van der Waals surface area contributed by atoms with Gasteiger partial charge < -0.3 is 0 Å². The minimum absolute atomic E-state index is 0.0138. The van der Waals surface area contributed by atoms with Crippen LogP contribution in [0.25, 0.3) is 0 Å². The summed E-state index contributed by atoms with van der Waals surface area (Å²) in [6, 6.07) is 7.15. The van der Waals surface area contributed by atoms with Gasteiger partial charge in [0.25, 0.3) is 0 Å². The average Bonchev–Trinajstić information content (AvgIpc) is 2.51. The van der Waals surface area contributed by atoms with Gasteiger partial charge in [0.2, 0.25) is 0 Å². The highest BCUT2D eigenvalue weighted by Gasteiger charge is 2.44. The van der Waals surface area contributed by atoms with Crippen molar-refractivity contribution in [3.63, 3.8) is 0 Å². The van der Waals surface area contributed by atoms with Gasteiger partial charge in [-0.1, -0.05) is 64.1 Å². The van der Waals surface area contributed by atoms with Crippen molar-refractivity contribution in [2.75, 3.05) is 0 Å². The monoisotopic (exact) mass is 294 g/mol. The second kappa shape index (κ2) is 4.77. The number of allylic oxidation sites excluding steroid dienone is 4. The standard InChI is InChI=1S/C20H22O2/c1-5-20(19(2,3)4)11-10-15-16(12-20)18(22)14-9-7-6-8-13(14)17(15)21/h6-11H,5,12H2,1-4H3. The summed E-state index contributed by atoms with van der Waals surface area (Å²) in [6.07, 6.45) is 5.65. The molecule has 0 bridgehead atoms. The third-order valence-corrected chi connectivity index (χ3v) is 5.45. The molecule has 2 aliphatic carbocycles. The second-order valence-electron chi connectivity index (χ2n) is 7.37. The molecule has 0 N–H and O–H groups in total. The molecule has 3 rings (SSSR count). The fraction of sp³-hybridized carbons (Fsp3) is 0.400. The van der Waals surface area contributed by atoms with E-state index in [1.54, 1.807) is 12.1 Å². The molecule has 2 nitrogen and oxygen atoms in total. The number of benzene rings is 1. The van der Waals surface area contributed by atoms with E-state index in [-0.39, 0.29) is 22.4 Å². The van der Waals surface area contributed by atoms with Gasteiger partial charge in [0, 0.05) is 22.3 Å². The fourth-order valence-corrected chi connectivity index (χ4v) is 3.70. The fourth-order valence-electron chi connectivity index (χ4n) is 3.70. The zero-order valence-corrected chi connectivity index (χ0v) is 13.7. The highest BCUT2D eigenvalue weighted by molar-refractivity contribution is 6.28. The molecular weight excluding hydrogens is 272 g/mol. The van der Waals surface area contributed by atoms with Gasteiger partial charge in [0.05, 0.1) is 0 Å². The molecule has 1 aromatic carbocycles. The second-order valence-corrected chi connectivity index (χ2v) is 7.37. The Morgan fingerprint density at radius 3 is 2.18 bits per heavy atom. The Balaban J connectivity index is 2.13. The molecule has 114 valence electrons. The van der Waals surface area contributed by atoms with E-state index in [0.717, 1.165) is 6.42 Å². The first-order valence-corrected chi connectivity index (χ1v) is 7.91. The molecule has 1 atom stereocenters. The first-order valence-electron chi connectivity index (χ1n) is 7.91.